The number of hydrogen-bond acceptors (Lipinski definition) is 3. The topological polar surface area (TPSA) is 75.3 Å². The molecular formula is C20H26N2O3S. The second-order valence-corrected chi connectivity index (χ2v) is 8.33. The van der Waals surface area contributed by atoms with Crippen LogP contribution in [0.3, 0.4) is 0 Å². The first-order chi connectivity index (χ1) is 12.3. The lowest BCUT2D eigenvalue weighted by atomic mass is 10.1. The minimum atomic E-state index is -3.48. The molecule has 2 N–H and O–H groups in total. The van der Waals surface area contributed by atoms with Gasteiger partial charge in [-0.15, -0.1) is 0 Å². The quantitative estimate of drug-likeness (QED) is 0.745. The number of benzene rings is 2. The zero-order valence-corrected chi connectivity index (χ0v) is 16.2. The third-order valence-corrected chi connectivity index (χ3v) is 5.62. The van der Waals surface area contributed by atoms with Crippen molar-refractivity contribution in [2.45, 2.75) is 50.6 Å². The molecule has 1 amide bonds. The first-order valence-electron chi connectivity index (χ1n) is 8.73. The van der Waals surface area contributed by atoms with E-state index in [4.69, 9.17) is 0 Å². The van der Waals surface area contributed by atoms with E-state index in [0.717, 1.165) is 11.1 Å². The van der Waals surface area contributed by atoms with Crippen molar-refractivity contribution in [2.75, 3.05) is 0 Å². The molecular weight excluding hydrogens is 348 g/mol. The smallest absolute Gasteiger partial charge is 0.240 e. The predicted octanol–water partition coefficient (Wildman–Crippen LogP) is 3.18. The highest BCUT2D eigenvalue weighted by Crippen LogP contribution is 2.14. The largest absolute Gasteiger partial charge is 0.350 e. The normalized spacial score (nSPS) is 12.8. The van der Waals surface area contributed by atoms with Gasteiger partial charge in [-0.1, -0.05) is 42.5 Å². The molecule has 140 valence electrons. The van der Waals surface area contributed by atoms with Gasteiger partial charge in [-0.25, -0.2) is 13.1 Å². The van der Waals surface area contributed by atoms with E-state index >= 15 is 0 Å². The summed E-state index contributed by atoms with van der Waals surface area (Å²) in [6, 6.07) is 16.3. The van der Waals surface area contributed by atoms with Gasteiger partial charge in [0.1, 0.15) is 0 Å². The van der Waals surface area contributed by atoms with Gasteiger partial charge in [0.15, 0.2) is 0 Å². The Morgan fingerprint density at radius 3 is 2.15 bits per heavy atom. The molecule has 0 fully saturated rings. The Balaban J connectivity index is 1.88. The van der Waals surface area contributed by atoms with Crippen LogP contribution in [0, 0.1) is 0 Å². The molecule has 0 aliphatic carbocycles. The van der Waals surface area contributed by atoms with Crippen LogP contribution in [0.4, 0.5) is 0 Å². The van der Waals surface area contributed by atoms with Crippen LogP contribution in [0.15, 0.2) is 59.5 Å². The van der Waals surface area contributed by atoms with Crippen molar-refractivity contribution in [1.82, 2.24) is 10.0 Å². The van der Waals surface area contributed by atoms with Gasteiger partial charge in [0.25, 0.3) is 0 Å². The lowest BCUT2D eigenvalue weighted by molar-refractivity contribution is -0.121. The molecule has 0 aliphatic rings. The Kier molecular flexibility index (Phi) is 6.94. The summed E-state index contributed by atoms with van der Waals surface area (Å²) in [5.41, 5.74) is 1.99. The zero-order chi connectivity index (χ0) is 19.2. The second kappa shape index (κ2) is 8.96. The molecule has 2 rings (SSSR count). The number of carbonyl (C=O) groups excluding carboxylic acids is 1. The fourth-order valence-corrected chi connectivity index (χ4v) is 3.86. The molecule has 6 heteroatoms. The minimum Gasteiger partial charge on any atom is -0.350 e. The van der Waals surface area contributed by atoms with E-state index in [9.17, 15) is 13.2 Å². The predicted molar refractivity (Wildman–Crippen MR) is 103 cm³/mol. The molecule has 2 aromatic carbocycles. The number of rotatable bonds is 8. The summed E-state index contributed by atoms with van der Waals surface area (Å²) in [5, 5.41) is 2.98. The molecule has 0 radical (unpaired) electrons. The fourth-order valence-electron chi connectivity index (χ4n) is 2.61. The molecule has 1 atom stereocenters. The first-order valence-corrected chi connectivity index (χ1v) is 10.2. The average molecular weight is 375 g/mol. The minimum absolute atomic E-state index is 0.0282. The summed E-state index contributed by atoms with van der Waals surface area (Å²) in [6.07, 6.45) is 0.915. The molecule has 0 saturated heterocycles. The van der Waals surface area contributed by atoms with E-state index in [1.807, 2.05) is 37.3 Å². The van der Waals surface area contributed by atoms with Gasteiger partial charge >= 0.3 is 0 Å². The van der Waals surface area contributed by atoms with Gasteiger partial charge < -0.3 is 5.32 Å². The third-order valence-electron chi connectivity index (χ3n) is 3.94. The molecule has 0 spiro atoms. The van der Waals surface area contributed by atoms with Crippen LogP contribution in [0.1, 0.15) is 44.4 Å². The Morgan fingerprint density at radius 2 is 1.58 bits per heavy atom. The van der Waals surface area contributed by atoms with Crippen LogP contribution in [-0.4, -0.2) is 20.4 Å². The van der Waals surface area contributed by atoms with E-state index < -0.39 is 10.0 Å². The number of carbonyl (C=O) groups is 1. The molecule has 0 unspecified atom stereocenters. The summed E-state index contributed by atoms with van der Waals surface area (Å²) in [4.78, 5) is 12.4. The second-order valence-electron chi connectivity index (χ2n) is 6.62. The van der Waals surface area contributed by atoms with Gasteiger partial charge in [0.2, 0.25) is 15.9 Å². The lowest BCUT2D eigenvalue weighted by Gasteiger charge is -2.14. The summed E-state index contributed by atoms with van der Waals surface area (Å²) in [5.74, 6) is -0.0282. The van der Waals surface area contributed by atoms with Crippen molar-refractivity contribution in [2.24, 2.45) is 0 Å². The first kappa shape index (κ1) is 20.1. The molecule has 0 saturated carbocycles. The molecule has 0 aliphatic heterocycles. The number of sulfonamides is 1. The highest BCUT2D eigenvalue weighted by molar-refractivity contribution is 7.89. The highest BCUT2D eigenvalue weighted by atomic mass is 32.2. The summed E-state index contributed by atoms with van der Waals surface area (Å²) < 4.78 is 26.8. The van der Waals surface area contributed by atoms with Crippen molar-refractivity contribution in [1.29, 1.82) is 0 Å². The summed E-state index contributed by atoms with van der Waals surface area (Å²) >= 11 is 0. The average Bonchev–Trinajstić information content (AvgIpc) is 2.60. The van der Waals surface area contributed by atoms with Gasteiger partial charge in [-0.05, 0) is 50.5 Å². The van der Waals surface area contributed by atoms with Crippen molar-refractivity contribution < 1.29 is 13.2 Å². The van der Waals surface area contributed by atoms with E-state index in [1.165, 1.54) is 0 Å². The van der Waals surface area contributed by atoms with Crippen LogP contribution in [0.2, 0.25) is 0 Å². The highest BCUT2D eigenvalue weighted by Gasteiger charge is 2.15. The number of aryl methyl sites for hydroxylation is 1. The monoisotopic (exact) mass is 374 g/mol. The van der Waals surface area contributed by atoms with Gasteiger partial charge in [0.05, 0.1) is 10.9 Å². The van der Waals surface area contributed by atoms with Crippen molar-refractivity contribution in [3.05, 3.63) is 65.7 Å². The van der Waals surface area contributed by atoms with Crippen LogP contribution >= 0.6 is 0 Å². The van der Waals surface area contributed by atoms with Crippen LogP contribution in [-0.2, 0) is 21.2 Å². The van der Waals surface area contributed by atoms with E-state index in [2.05, 4.69) is 10.0 Å². The van der Waals surface area contributed by atoms with Gasteiger partial charge in [-0.2, -0.15) is 0 Å². The molecule has 26 heavy (non-hydrogen) atoms. The van der Waals surface area contributed by atoms with Crippen LogP contribution < -0.4 is 10.0 Å². The number of hydrogen-bond donors (Lipinski definition) is 2. The Labute approximate surface area is 155 Å². The molecule has 5 nitrogen and oxygen atoms in total. The van der Waals surface area contributed by atoms with Crippen molar-refractivity contribution in [3.8, 4) is 0 Å². The number of nitrogens with one attached hydrogen (secondary N) is 2. The molecule has 2 aromatic rings. The lowest BCUT2D eigenvalue weighted by Crippen LogP contribution is -2.30. The van der Waals surface area contributed by atoms with Crippen LogP contribution in [0.25, 0.3) is 0 Å². The Morgan fingerprint density at radius 1 is 0.962 bits per heavy atom. The van der Waals surface area contributed by atoms with Crippen molar-refractivity contribution >= 4 is 15.9 Å². The van der Waals surface area contributed by atoms with E-state index in [0.29, 0.717) is 12.8 Å². The number of amides is 1. The van der Waals surface area contributed by atoms with E-state index in [1.54, 1.807) is 38.1 Å². The zero-order valence-electron chi connectivity index (χ0n) is 15.4. The maximum atomic E-state index is 12.1. The van der Waals surface area contributed by atoms with E-state index in [-0.39, 0.29) is 22.9 Å². The van der Waals surface area contributed by atoms with Crippen molar-refractivity contribution in [3.63, 3.8) is 0 Å². The maximum absolute atomic E-state index is 12.1. The SMILES string of the molecule is CC(C)NS(=O)(=O)c1ccc(CCC(=O)N[C@@H](C)c2ccccc2)cc1. The van der Waals surface area contributed by atoms with Crippen LogP contribution in [0.5, 0.6) is 0 Å². The standard InChI is InChI=1S/C20H26N2O3S/c1-15(2)22-26(24,25)19-12-9-17(10-13-19)11-14-20(23)21-16(3)18-7-5-4-6-8-18/h4-10,12-13,15-16,22H,11,14H2,1-3H3,(H,21,23)/t16-/m0/s1. The molecule has 0 heterocycles. The summed E-state index contributed by atoms with van der Waals surface area (Å²) in [6.45, 7) is 5.51. The van der Waals surface area contributed by atoms with Gasteiger partial charge in [-0.3, -0.25) is 4.79 Å². The van der Waals surface area contributed by atoms with Gasteiger partial charge in [0, 0.05) is 12.5 Å². The maximum Gasteiger partial charge on any atom is 0.240 e. The third kappa shape index (κ3) is 5.97. The molecule has 0 aromatic heterocycles. The molecule has 0 bridgehead atoms. The Bertz CT molecular complexity index is 816. The Hall–Kier alpha value is -2.18. The summed E-state index contributed by atoms with van der Waals surface area (Å²) in [7, 11) is -3.48. The fraction of sp³-hybridized carbons (Fsp3) is 0.350.